The van der Waals surface area contributed by atoms with Gasteiger partial charge < -0.3 is 15.0 Å². The van der Waals surface area contributed by atoms with Gasteiger partial charge in [-0.2, -0.15) is 9.49 Å². The topological polar surface area (TPSA) is 82.2 Å². The molecule has 0 radical (unpaired) electrons. The van der Waals surface area contributed by atoms with Crippen LogP contribution in [0, 0.1) is 5.82 Å². The van der Waals surface area contributed by atoms with E-state index in [9.17, 15) is 8.78 Å². The van der Waals surface area contributed by atoms with Crippen LogP contribution < -0.4 is 10.2 Å². The van der Waals surface area contributed by atoms with E-state index in [2.05, 4.69) is 30.4 Å². The van der Waals surface area contributed by atoms with Gasteiger partial charge in [0.15, 0.2) is 17.5 Å². The summed E-state index contributed by atoms with van der Waals surface area (Å²) in [6.07, 6.45) is 2.59. The molecule has 1 aliphatic heterocycles. The summed E-state index contributed by atoms with van der Waals surface area (Å²) >= 11 is 0. The van der Waals surface area contributed by atoms with Gasteiger partial charge >= 0.3 is 0 Å². The summed E-state index contributed by atoms with van der Waals surface area (Å²) in [6, 6.07) is 1.66. The number of rotatable bonds is 9. The largest absolute Gasteiger partial charge is 0.385 e. The highest BCUT2D eigenvalue weighted by atomic mass is 19.3. The third kappa shape index (κ3) is 5.08. The normalized spacial score (nSPS) is 21.3. The highest BCUT2D eigenvalue weighted by Gasteiger charge is 2.46. The standard InChI is InChI=1S/C22H30F3N7O/c1-33-10-2-5-31-6-8-32(9-7-31)21-18(23)20(27-19(28-21)14-3-4-14)26-17-11-16(29-30-17)15-12-22(24,25)13-15/h11,14-15H,2-10,12-13H2,1H3,(H2,26,27,28,29,30). The van der Waals surface area contributed by atoms with Crippen molar-refractivity contribution in [3.8, 4) is 0 Å². The molecule has 3 fully saturated rings. The zero-order valence-electron chi connectivity index (χ0n) is 18.8. The summed E-state index contributed by atoms with van der Waals surface area (Å²) in [5.74, 6) is -1.69. The number of alkyl halides is 2. The average molecular weight is 466 g/mol. The van der Waals surface area contributed by atoms with E-state index in [4.69, 9.17) is 4.74 Å². The summed E-state index contributed by atoms with van der Waals surface area (Å²) in [4.78, 5) is 13.4. The number of anilines is 3. The number of hydrogen-bond donors (Lipinski definition) is 2. The number of nitrogens with one attached hydrogen (secondary N) is 2. The molecule has 2 aliphatic carbocycles. The lowest BCUT2D eigenvalue weighted by Crippen LogP contribution is -2.47. The maximum absolute atomic E-state index is 15.5. The van der Waals surface area contributed by atoms with Crippen LogP contribution in [-0.2, 0) is 4.74 Å². The Kier molecular flexibility index (Phi) is 6.17. The zero-order chi connectivity index (χ0) is 23.0. The fourth-order valence-electron chi connectivity index (χ4n) is 4.50. The van der Waals surface area contributed by atoms with Crippen molar-refractivity contribution in [1.29, 1.82) is 0 Å². The van der Waals surface area contributed by atoms with E-state index in [1.54, 1.807) is 13.2 Å². The van der Waals surface area contributed by atoms with E-state index in [0.717, 1.165) is 45.5 Å². The van der Waals surface area contributed by atoms with Gasteiger partial charge in [0.25, 0.3) is 0 Å². The summed E-state index contributed by atoms with van der Waals surface area (Å²) in [7, 11) is 1.70. The molecule has 8 nitrogen and oxygen atoms in total. The Morgan fingerprint density at radius 1 is 1.15 bits per heavy atom. The molecule has 3 heterocycles. The van der Waals surface area contributed by atoms with E-state index in [1.165, 1.54) is 0 Å². The molecular weight excluding hydrogens is 435 g/mol. The van der Waals surface area contributed by atoms with Gasteiger partial charge in [0.1, 0.15) is 5.82 Å². The van der Waals surface area contributed by atoms with Crippen LogP contribution in [0.5, 0.6) is 0 Å². The number of aromatic amines is 1. The van der Waals surface area contributed by atoms with Gasteiger partial charge in [-0.15, -0.1) is 0 Å². The van der Waals surface area contributed by atoms with Gasteiger partial charge in [-0.25, -0.2) is 18.7 Å². The minimum atomic E-state index is -2.61. The van der Waals surface area contributed by atoms with E-state index in [1.807, 2.05) is 4.90 Å². The molecule has 2 aromatic heterocycles. The van der Waals surface area contributed by atoms with Crippen LogP contribution in [0.2, 0.25) is 0 Å². The smallest absolute Gasteiger partial charge is 0.249 e. The highest BCUT2D eigenvalue weighted by Crippen LogP contribution is 2.48. The molecule has 0 atom stereocenters. The van der Waals surface area contributed by atoms with Crippen molar-refractivity contribution in [2.24, 2.45) is 0 Å². The van der Waals surface area contributed by atoms with Gasteiger partial charge in [0.2, 0.25) is 11.7 Å². The van der Waals surface area contributed by atoms with Crippen molar-refractivity contribution < 1.29 is 17.9 Å². The van der Waals surface area contributed by atoms with E-state index in [-0.39, 0.29) is 30.5 Å². The van der Waals surface area contributed by atoms with Gasteiger partial charge in [0, 0.05) is 82.9 Å². The Balaban J connectivity index is 1.29. The van der Waals surface area contributed by atoms with Gasteiger partial charge in [-0.1, -0.05) is 0 Å². The molecule has 2 saturated carbocycles. The Morgan fingerprint density at radius 3 is 2.58 bits per heavy atom. The lowest BCUT2D eigenvalue weighted by Gasteiger charge is -2.35. The number of ether oxygens (including phenoxy) is 1. The first-order valence-corrected chi connectivity index (χ1v) is 11.7. The molecule has 0 spiro atoms. The van der Waals surface area contributed by atoms with Crippen LogP contribution in [0.25, 0.3) is 0 Å². The number of aromatic nitrogens is 4. The number of nitrogens with zero attached hydrogens (tertiary/aromatic N) is 5. The predicted octanol–water partition coefficient (Wildman–Crippen LogP) is 3.63. The SMILES string of the molecule is COCCCN1CCN(c2nc(C3CC3)nc(Nc3cc(C4CC(F)(F)C4)[nH]n3)c2F)CC1. The number of piperazine rings is 1. The van der Waals surface area contributed by atoms with E-state index in [0.29, 0.717) is 36.2 Å². The Morgan fingerprint density at radius 2 is 1.91 bits per heavy atom. The summed E-state index contributed by atoms with van der Waals surface area (Å²) < 4.78 is 47.0. The van der Waals surface area contributed by atoms with E-state index < -0.39 is 11.7 Å². The second kappa shape index (κ2) is 9.09. The van der Waals surface area contributed by atoms with Crippen molar-refractivity contribution in [3.63, 3.8) is 0 Å². The molecule has 2 N–H and O–H groups in total. The van der Waals surface area contributed by atoms with E-state index >= 15 is 4.39 Å². The monoisotopic (exact) mass is 465 g/mol. The fraction of sp³-hybridized carbons (Fsp3) is 0.682. The quantitative estimate of drug-likeness (QED) is 0.548. The van der Waals surface area contributed by atoms with Gasteiger partial charge in [-0.05, 0) is 19.3 Å². The van der Waals surface area contributed by atoms with Crippen LogP contribution in [0.4, 0.5) is 30.6 Å². The molecule has 180 valence electrons. The number of methoxy groups -OCH3 is 1. The number of hydrogen-bond acceptors (Lipinski definition) is 7. The number of halogens is 3. The molecule has 3 aliphatic rings. The Labute approximate surface area is 190 Å². The minimum Gasteiger partial charge on any atom is -0.385 e. The highest BCUT2D eigenvalue weighted by molar-refractivity contribution is 5.59. The van der Waals surface area contributed by atoms with Crippen molar-refractivity contribution in [3.05, 3.63) is 23.4 Å². The van der Waals surface area contributed by atoms with Crippen LogP contribution in [0.3, 0.4) is 0 Å². The minimum absolute atomic E-state index is 0.0846. The second-order valence-electron chi connectivity index (χ2n) is 9.31. The van der Waals surface area contributed by atoms with Crippen LogP contribution in [-0.4, -0.2) is 77.4 Å². The van der Waals surface area contributed by atoms with Crippen LogP contribution in [0.1, 0.15) is 55.5 Å². The Bertz CT molecular complexity index is 965. The summed E-state index contributed by atoms with van der Waals surface area (Å²) in [5.41, 5.74) is 0.630. The van der Waals surface area contributed by atoms with Crippen molar-refractivity contribution in [1.82, 2.24) is 25.1 Å². The third-order valence-electron chi connectivity index (χ3n) is 6.66. The first-order chi connectivity index (χ1) is 15.9. The van der Waals surface area contributed by atoms with Crippen molar-refractivity contribution in [2.45, 2.75) is 49.9 Å². The first kappa shape index (κ1) is 22.4. The lowest BCUT2D eigenvalue weighted by atomic mass is 9.79. The van der Waals surface area contributed by atoms with Crippen molar-refractivity contribution in [2.75, 3.05) is 56.7 Å². The zero-order valence-corrected chi connectivity index (χ0v) is 18.8. The molecule has 5 rings (SSSR count). The predicted molar refractivity (Wildman–Crippen MR) is 118 cm³/mol. The number of H-pyrrole nitrogens is 1. The molecule has 1 saturated heterocycles. The van der Waals surface area contributed by atoms with Crippen molar-refractivity contribution >= 4 is 17.5 Å². The molecular formula is C22H30F3N7O. The summed E-state index contributed by atoms with van der Waals surface area (Å²) in [6.45, 7) is 4.74. The molecule has 0 amide bonds. The average Bonchev–Trinajstić information content (AvgIpc) is 3.53. The molecule has 11 heteroatoms. The molecule has 0 unspecified atom stereocenters. The molecule has 0 aromatic carbocycles. The van der Waals surface area contributed by atoms with Crippen LogP contribution >= 0.6 is 0 Å². The maximum atomic E-state index is 15.5. The third-order valence-corrected chi connectivity index (χ3v) is 6.66. The summed E-state index contributed by atoms with van der Waals surface area (Å²) in [5, 5.41) is 9.90. The molecule has 33 heavy (non-hydrogen) atoms. The van der Waals surface area contributed by atoms with Gasteiger partial charge in [0.05, 0.1) is 0 Å². The lowest BCUT2D eigenvalue weighted by molar-refractivity contribution is -0.0876. The Hall–Kier alpha value is -2.40. The first-order valence-electron chi connectivity index (χ1n) is 11.7. The molecule has 0 bridgehead atoms. The van der Waals surface area contributed by atoms with Gasteiger partial charge in [-0.3, -0.25) is 10.00 Å². The van der Waals surface area contributed by atoms with Crippen LogP contribution in [0.15, 0.2) is 6.07 Å². The second-order valence-corrected chi connectivity index (χ2v) is 9.31. The molecule has 2 aromatic rings. The fourth-order valence-corrected chi connectivity index (χ4v) is 4.50. The maximum Gasteiger partial charge on any atom is 0.249 e.